The van der Waals surface area contributed by atoms with Crippen molar-refractivity contribution < 1.29 is 13.2 Å². The number of benzene rings is 1. The molecule has 1 amide bonds. The Morgan fingerprint density at radius 1 is 1.25 bits per heavy atom. The molecular formula is C19H29N5O3S. The summed E-state index contributed by atoms with van der Waals surface area (Å²) in [5.41, 5.74) is 0.928. The SMILES string of the molecule is CC(C)CNc1cc(C(=O)NCCCn2ccnc2)cc(S(=O)(=O)N(C)C)c1. The zero-order valence-electron chi connectivity index (χ0n) is 16.8. The number of carbonyl (C=O) groups excluding carboxylic acids is 1. The summed E-state index contributed by atoms with van der Waals surface area (Å²) in [6.07, 6.45) is 6.05. The Morgan fingerprint density at radius 2 is 2.00 bits per heavy atom. The second-order valence-electron chi connectivity index (χ2n) is 7.22. The lowest BCUT2D eigenvalue weighted by Gasteiger charge is -2.16. The number of nitrogens with zero attached hydrogens (tertiary/aromatic N) is 3. The molecule has 0 saturated heterocycles. The number of imidazole rings is 1. The fourth-order valence-electron chi connectivity index (χ4n) is 2.50. The molecule has 0 aliphatic rings. The summed E-state index contributed by atoms with van der Waals surface area (Å²) in [6, 6.07) is 4.66. The Kier molecular flexibility index (Phi) is 7.59. The maximum absolute atomic E-state index is 12.6. The number of rotatable bonds is 10. The number of amides is 1. The topological polar surface area (TPSA) is 96.3 Å². The molecule has 1 heterocycles. The summed E-state index contributed by atoms with van der Waals surface area (Å²) in [5, 5.41) is 6.06. The lowest BCUT2D eigenvalue weighted by atomic mass is 10.1. The first-order chi connectivity index (χ1) is 13.2. The lowest BCUT2D eigenvalue weighted by molar-refractivity contribution is 0.0952. The summed E-state index contributed by atoms with van der Waals surface area (Å²) < 4.78 is 28.2. The first-order valence-electron chi connectivity index (χ1n) is 9.25. The quantitative estimate of drug-likeness (QED) is 0.588. The van der Waals surface area contributed by atoms with Gasteiger partial charge in [-0.05, 0) is 30.5 Å². The number of hydrogen-bond acceptors (Lipinski definition) is 5. The van der Waals surface area contributed by atoms with E-state index in [1.807, 2.05) is 10.8 Å². The summed E-state index contributed by atoms with van der Waals surface area (Å²) in [6.45, 7) is 6.02. The van der Waals surface area contributed by atoms with E-state index in [2.05, 4.69) is 29.5 Å². The third-order valence-corrected chi connectivity index (χ3v) is 5.89. The van der Waals surface area contributed by atoms with Gasteiger partial charge in [0.1, 0.15) is 0 Å². The summed E-state index contributed by atoms with van der Waals surface area (Å²) in [5.74, 6) is 0.0867. The Labute approximate surface area is 167 Å². The van der Waals surface area contributed by atoms with Gasteiger partial charge in [-0.15, -0.1) is 0 Å². The normalized spacial score (nSPS) is 11.8. The Balaban J connectivity index is 2.13. The molecule has 2 rings (SSSR count). The van der Waals surface area contributed by atoms with Crippen molar-refractivity contribution in [3.05, 3.63) is 42.5 Å². The highest BCUT2D eigenvalue weighted by atomic mass is 32.2. The molecule has 0 spiro atoms. The molecule has 1 aromatic heterocycles. The highest BCUT2D eigenvalue weighted by Gasteiger charge is 2.20. The molecule has 8 nitrogen and oxygen atoms in total. The van der Waals surface area contributed by atoms with Crippen LogP contribution in [0.1, 0.15) is 30.6 Å². The molecule has 1 aromatic carbocycles. The highest BCUT2D eigenvalue weighted by Crippen LogP contribution is 2.21. The second-order valence-corrected chi connectivity index (χ2v) is 9.37. The molecule has 0 unspecified atom stereocenters. The van der Waals surface area contributed by atoms with Crippen molar-refractivity contribution in [1.29, 1.82) is 0 Å². The van der Waals surface area contributed by atoms with Crippen LogP contribution in [0.25, 0.3) is 0 Å². The van der Waals surface area contributed by atoms with Gasteiger partial charge in [-0.2, -0.15) is 0 Å². The second kappa shape index (κ2) is 9.70. The van der Waals surface area contributed by atoms with Crippen molar-refractivity contribution in [2.45, 2.75) is 31.7 Å². The average Bonchev–Trinajstić information content (AvgIpc) is 3.16. The first-order valence-corrected chi connectivity index (χ1v) is 10.7. The van der Waals surface area contributed by atoms with Gasteiger partial charge in [0, 0.05) is 57.4 Å². The van der Waals surface area contributed by atoms with E-state index in [-0.39, 0.29) is 10.8 Å². The van der Waals surface area contributed by atoms with Crippen LogP contribution in [0.2, 0.25) is 0 Å². The van der Waals surface area contributed by atoms with E-state index in [0.29, 0.717) is 30.3 Å². The molecule has 0 aliphatic carbocycles. The fourth-order valence-corrected chi connectivity index (χ4v) is 3.47. The van der Waals surface area contributed by atoms with Gasteiger partial charge in [-0.25, -0.2) is 17.7 Å². The minimum atomic E-state index is -3.65. The largest absolute Gasteiger partial charge is 0.385 e. The van der Waals surface area contributed by atoms with Crippen molar-refractivity contribution in [2.24, 2.45) is 5.92 Å². The van der Waals surface area contributed by atoms with Crippen LogP contribution in [-0.2, 0) is 16.6 Å². The molecule has 0 bridgehead atoms. The van der Waals surface area contributed by atoms with E-state index in [4.69, 9.17) is 0 Å². The van der Waals surface area contributed by atoms with Crippen molar-refractivity contribution in [3.8, 4) is 0 Å². The van der Waals surface area contributed by atoms with Crippen LogP contribution in [0.15, 0.2) is 41.8 Å². The van der Waals surface area contributed by atoms with Gasteiger partial charge in [0.25, 0.3) is 5.91 Å². The Bertz CT molecular complexity index is 877. The van der Waals surface area contributed by atoms with E-state index in [0.717, 1.165) is 17.3 Å². The first kappa shape index (κ1) is 21.9. The molecule has 0 aliphatic heterocycles. The van der Waals surface area contributed by atoms with Crippen molar-refractivity contribution >= 4 is 21.6 Å². The molecule has 28 heavy (non-hydrogen) atoms. The smallest absolute Gasteiger partial charge is 0.251 e. The van der Waals surface area contributed by atoms with Gasteiger partial charge in [-0.1, -0.05) is 13.8 Å². The Hall–Kier alpha value is -2.39. The van der Waals surface area contributed by atoms with Crippen molar-refractivity contribution in [2.75, 3.05) is 32.5 Å². The maximum Gasteiger partial charge on any atom is 0.251 e. The van der Waals surface area contributed by atoms with E-state index in [1.165, 1.54) is 20.2 Å². The number of anilines is 1. The predicted octanol–water partition coefficient (Wildman–Crippen LogP) is 2.02. The fraction of sp³-hybridized carbons (Fsp3) is 0.474. The zero-order chi connectivity index (χ0) is 20.7. The van der Waals surface area contributed by atoms with E-state index in [9.17, 15) is 13.2 Å². The van der Waals surface area contributed by atoms with Gasteiger partial charge >= 0.3 is 0 Å². The Morgan fingerprint density at radius 3 is 2.61 bits per heavy atom. The maximum atomic E-state index is 12.6. The van der Waals surface area contributed by atoms with E-state index >= 15 is 0 Å². The monoisotopic (exact) mass is 407 g/mol. The summed E-state index contributed by atoms with van der Waals surface area (Å²) >= 11 is 0. The molecule has 0 radical (unpaired) electrons. The van der Waals surface area contributed by atoms with Gasteiger partial charge in [0.2, 0.25) is 10.0 Å². The molecule has 9 heteroatoms. The van der Waals surface area contributed by atoms with Gasteiger partial charge in [0.05, 0.1) is 11.2 Å². The predicted molar refractivity (Wildman–Crippen MR) is 110 cm³/mol. The highest BCUT2D eigenvalue weighted by molar-refractivity contribution is 7.89. The molecule has 2 aromatic rings. The van der Waals surface area contributed by atoms with Crippen LogP contribution in [0.5, 0.6) is 0 Å². The molecule has 0 atom stereocenters. The van der Waals surface area contributed by atoms with Crippen LogP contribution < -0.4 is 10.6 Å². The van der Waals surface area contributed by atoms with Crippen LogP contribution >= 0.6 is 0 Å². The van der Waals surface area contributed by atoms with Crippen LogP contribution in [0.3, 0.4) is 0 Å². The lowest BCUT2D eigenvalue weighted by Crippen LogP contribution is -2.27. The summed E-state index contributed by atoms with van der Waals surface area (Å²) in [7, 11) is -0.702. The molecule has 154 valence electrons. The third kappa shape index (κ3) is 6.07. The van der Waals surface area contributed by atoms with E-state index in [1.54, 1.807) is 24.7 Å². The number of nitrogens with one attached hydrogen (secondary N) is 2. The average molecular weight is 408 g/mol. The van der Waals surface area contributed by atoms with Crippen LogP contribution in [0, 0.1) is 5.92 Å². The van der Waals surface area contributed by atoms with Crippen molar-refractivity contribution in [3.63, 3.8) is 0 Å². The molecule has 0 fully saturated rings. The number of sulfonamides is 1. The minimum absolute atomic E-state index is 0.0924. The number of aryl methyl sites for hydroxylation is 1. The van der Waals surface area contributed by atoms with Crippen molar-refractivity contribution in [1.82, 2.24) is 19.2 Å². The number of hydrogen-bond donors (Lipinski definition) is 2. The van der Waals surface area contributed by atoms with E-state index < -0.39 is 10.0 Å². The molecule has 2 N–H and O–H groups in total. The number of aromatic nitrogens is 2. The van der Waals surface area contributed by atoms with Crippen LogP contribution in [0.4, 0.5) is 5.69 Å². The third-order valence-electron chi connectivity index (χ3n) is 4.10. The van der Waals surface area contributed by atoms with Gasteiger partial charge in [0.15, 0.2) is 0 Å². The molecule has 0 saturated carbocycles. The van der Waals surface area contributed by atoms with Gasteiger partial charge in [-0.3, -0.25) is 4.79 Å². The van der Waals surface area contributed by atoms with Crippen LogP contribution in [-0.4, -0.2) is 55.4 Å². The zero-order valence-corrected chi connectivity index (χ0v) is 17.7. The minimum Gasteiger partial charge on any atom is -0.385 e. The number of carbonyl (C=O) groups is 1. The summed E-state index contributed by atoms with van der Waals surface area (Å²) in [4.78, 5) is 16.6. The molecular weight excluding hydrogens is 378 g/mol. The van der Waals surface area contributed by atoms with Gasteiger partial charge < -0.3 is 15.2 Å². The standard InChI is InChI=1S/C19H29N5O3S/c1-15(2)13-22-17-10-16(11-18(12-17)28(26,27)23(3)4)19(25)21-6-5-8-24-9-7-20-14-24/h7,9-12,14-15,22H,5-6,8,13H2,1-4H3,(H,21,25).